The van der Waals surface area contributed by atoms with Gasteiger partial charge in [0.15, 0.2) is 9.84 Å². The first-order valence-electron chi connectivity index (χ1n) is 4.39. The van der Waals surface area contributed by atoms with Crippen LogP contribution in [-0.2, 0) is 14.6 Å². The van der Waals surface area contributed by atoms with Crippen LogP contribution in [-0.4, -0.2) is 44.9 Å². The first kappa shape index (κ1) is 12.9. The van der Waals surface area contributed by atoms with Gasteiger partial charge in [-0.3, -0.25) is 0 Å². The summed E-state index contributed by atoms with van der Waals surface area (Å²) in [6, 6.07) is 0. The SMILES string of the molecule is CCCCS(=O)(=O)C[C@H](O)COC. The van der Waals surface area contributed by atoms with E-state index in [0.29, 0.717) is 6.42 Å². The molecule has 0 saturated carbocycles. The second-order valence-corrected chi connectivity index (χ2v) is 5.31. The van der Waals surface area contributed by atoms with Gasteiger partial charge in [-0.2, -0.15) is 0 Å². The molecule has 0 bridgehead atoms. The Hall–Kier alpha value is -0.130. The van der Waals surface area contributed by atoms with Gasteiger partial charge in [-0.25, -0.2) is 8.42 Å². The zero-order chi connectivity index (χ0) is 10.3. The monoisotopic (exact) mass is 210 g/mol. The topological polar surface area (TPSA) is 63.6 Å². The van der Waals surface area contributed by atoms with Gasteiger partial charge < -0.3 is 9.84 Å². The molecular formula is C8H18O4S. The van der Waals surface area contributed by atoms with E-state index in [1.807, 2.05) is 6.92 Å². The minimum absolute atomic E-state index is 0.0748. The van der Waals surface area contributed by atoms with Gasteiger partial charge in [0.1, 0.15) is 0 Å². The number of hydrogen-bond acceptors (Lipinski definition) is 4. The average molecular weight is 210 g/mol. The standard InChI is InChI=1S/C8H18O4S/c1-3-4-5-13(10,11)7-8(9)6-12-2/h8-9H,3-7H2,1-2H3/t8-/m1/s1. The van der Waals surface area contributed by atoms with Crippen molar-refractivity contribution in [1.29, 1.82) is 0 Å². The summed E-state index contributed by atoms with van der Waals surface area (Å²) in [5.41, 5.74) is 0. The van der Waals surface area contributed by atoms with Gasteiger partial charge in [0.2, 0.25) is 0 Å². The molecule has 5 heteroatoms. The molecule has 0 aliphatic carbocycles. The second kappa shape index (κ2) is 6.34. The highest BCUT2D eigenvalue weighted by molar-refractivity contribution is 7.91. The third-order valence-corrected chi connectivity index (χ3v) is 3.42. The molecule has 0 rings (SSSR count). The van der Waals surface area contributed by atoms with Crippen LogP contribution in [0.1, 0.15) is 19.8 Å². The number of aliphatic hydroxyl groups is 1. The summed E-state index contributed by atoms with van der Waals surface area (Å²) in [6.45, 7) is 2.01. The average Bonchev–Trinajstić information content (AvgIpc) is 2.00. The molecule has 4 nitrogen and oxygen atoms in total. The molecule has 1 atom stereocenters. The Bertz CT molecular complexity index is 210. The Morgan fingerprint density at radius 1 is 1.46 bits per heavy atom. The summed E-state index contributed by atoms with van der Waals surface area (Å²) in [5, 5.41) is 9.18. The van der Waals surface area contributed by atoms with Crippen molar-refractivity contribution in [3.63, 3.8) is 0 Å². The van der Waals surface area contributed by atoms with Gasteiger partial charge in [-0.05, 0) is 6.42 Å². The van der Waals surface area contributed by atoms with Crippen LogP contribution in [0, 0.1) is 0 Å². The minimum Gasteiger partial charge on any atom is -0.390 e. The molecule has 1 N–H and O–H groups in total. The Labute approximate surface area is 79.8 Å². The summed E-state index contributed by atoms with van der Waals surface area (Å²) >= 11 is 0. The van der Waals surface area contributed by atoms with Gasteiger partial charge in [-0.15, -0.1) is 0 Å². The zero-order valence-corrected chi connectivity index (χ0v) is 9.01. The van der Waals surface area contributed by atoms with Gasteiger partial charge in [0.25, 0.3) is 0 Å². The molecule has 0 saturated heterocycles. The third kappa shape index (κ3) is 6.98. The lowest BCUT2D eigenvalue weighted by molar-refractivity contribution is 0.0783. The summed E-state index contributed by atoms with van der Waals surface area (Å²) in [5.74, 6) is -0.0366. The predicted octanol–water partition coefficient (Wildman–Crippen LogP) is 0.209. The number of hydrogen-bond donors (Lipinski definition) is 1. The van der Waals surface area contributed by atoms with Gasteiger partial charge >= 0.3 is 0 Å². The fraction of sp³-hybridized carbons (Fsp3) is 1.00. The fourth-order valence-electron chi connectivity index (χ4n) is 0.981. The van der Waals surface area contributed by atoms with Crippen molar-refractivity contribution in [1.82, 2.24) is 0 Å². The van der Waals surface area contributed by atoms with E-state index in [1.165, 1.54) is 7.11 Å². The van der Waals surface area contributed by atoms with Crippen molar-refractivity contribution in [2.75, 3.05) is 25.2 Å². The molecule has 80 valence electrons. The normalized spacial score (nSPS) is 14.4. The maximum Gasteiger partial charge on any atom is 0.152 e. The highest BCUT2D eigenvalue weighted by atomic mass is 32.2. The minimum atomic E-state index is -3.10. The molecule has 0 aliphatic rings. The predicted molar refractivity (Wildman–Crippen MR) is 51.4 cm³/mol. The maximum atomic E-state index is 11.3. The van der Waals surface area contributed by atoms with Crippen LogP contribution >= 0.6 is 0 Å². The molecule has 0 unspecified atom stereocenters. The molecule has 13 heavy (non-hydrogen) atoms. The van der Waals surface area contributed by atoms with E-state index in [0.717, 1.165) is 6.42 Å². The van der Waals surface area contributed by atoms with Crippen molar-refractivity contribution in [3.8, 4) is 0 Å². The molecule has 0 amide bonds. The van der Waals surface area contributed by atoms with E-state index in [1.54, 1.807) is 0 Å². The lowest BCUT2D eigenvalue weighted by Crippen LogP contribution is -2.26. The maximum absolute atomic E-state index is 11.3. The third-order valence-electron chi connectivity index (χ3n) is 1.61. The van der Waals surface area contributed by atoms with E-state index >= 15 is 0 Å². The van der Waals surface area contributed by atoms with E-state index in [9.17, 15) is 13.5 Å². The summed E-state index contributed by atoms with van der Waals surface area (Å²) in [4.78, 5) is 0. The number of aliphatic hydroxyl groups excluding tert-OH is 1. The molecule has 0 aliphatic heterocycles. The lowest BCUT2D eigenvalue weighted by atomic mass is 10.4. The molecule has 0 aromatic rings. The molecular weight excluding hydrogens is 192 g/mol. The summed E-state index contributed by atoms with van der Waals surface area (Å²) in [7, 11) is -1.66. The Morgan fingerprint density at radius 2 is 2.08 bits per heavy atom. The highest BCUT2D eigenvalue weighted by Gasteiger charge is 2.16. The molecule has 0 aromatic heterocycles. The Morgan fingerprint density at radius 3 is 2.54 bits per heavy atom. The van der Waals surface area contributed by atoms with E-state index in [2.05, 4.69) is 4.74 Å². The number of methoxy groups -OCH3 is 1. The van der Waals surface area contributed by atoms with Crippen LogP contribution in [0.3, 0.4) is 0 Å². The van der Waals surface area contributed by atoms with E-state index in [-0.39, 0.29) is 18.1 Å². The molecule has 0 fully saturated rings. The summed E-state index contributed by atoms with van der Waals surface area (Å²) in [6.07, 6.45) is 0.605. The Kier molecular flexibility index (Phi) is 6.28. The van der Waals surface area contributed by atoms with Crippen LogP contribution in [0.5, 0.6) is 0 Å². The highest BCUT2D eigenvalue weighted by Crippen LogP contribution is 2.00. The van der Waals surface area contributed by atoms with E-state index in [4.69, 9.17) is 0 Å². The number of sulfone groups is 1. The van der Waals surface area contributed by atoms with Crippen LogP contribution in [0.4, 0.5) is 0 Å². The van der Waals surface area contributed by atoms with Crippen molar-refractivity contribution in [2.24, 2.45) is 0 Å². The second-order valence-electron chi connectivity index (χ2n) is 3.08. The van der Waals surface area contributed by atoms with Crippen LogP contribution in [0.15, 0.2) is 0 Å². The number of rotatable bonds is 7. The molecule has 0 radical (unpaired) electrons. The molecule has 0 spiro atoms. The largest absolute Gasteiger partial charge is 0.390 e. The number of unbranched alkanes of at least 4 members (excludes halogenated alkanes) is 1. The van der Waals surface area contributed by atoms with Crippen molar-refractivity contribution in [3.05, 3.63) is 0 Å². The number of ether oxygens (including phenoxy) is 1. The van der Waals surface area contributed by atoms with E-state index < -0.39 is 15.9 Å². The zero-order valence-electron chi connectivity index (χ0n) is 8.19. The van der Waals surface area contributed by atoms with Crippen molar-refractivity contribution in [2.45, 2.75) is 25.9 Å². The molecule has 0 aromatic carbocycles. The first-order chi connectivity index (χ1) is 6.02. The lowest BCUT2D eigenvalue weighted by Gasteiger charge is -2.09. The van der Waals surface area contributed by atoms with Crippen molar-refractivity contribution >= 4 is 9.84 Å². The fourth-order valence-corrected chi connectivity index (χ4v) is 2.56. The first-order valence-corrected chi connectivity index (χ1v) is 6.21. The van der Waals surface area contributed by atoms with Gasteiger partial charge in [-0.1, -0.05) is 13.3 Å². The van der Waals surface area contributed by atoms with Gasteiger partial charge in [0, 0.05) is 7.11 Å². The Balaban J connectivity index is 3.87. The summed E-state index contributed by atoms with van der Waals surface area (Å²) < 4.78 is 27.2. The van der Waals surface area contributed by atoms with Gasteiger partial charge in [0.05, 0.1) is 24.2 Å². The van der Waals surface area contributed by atoms with Crippen LogP contribution < -0.4 is 0 Å². The quantitative estimate of drug-likeness (QED) is 0.652. The van der Waals surface area contributed by atoms with Crippen LogP contribution in [0.25, 0.3) is 0 Å². The van der Waals surface area contributed by atoms with Crippen LogP contribution in [0.2, 0.25) is 0 Å². The molecule has 0 heterocycles. The van der Waals surface area contributed by atoms with Crippen molar-refractivity contribution < 1.29 is 18.3 Å². The smallest absolute Gasteiger partial charge is 0.152 e.